The van der Waals surface area contributed by atoms with Gasteiger partial charge in [-0.25, -0.2) is 4.98 Å². The molecule has 2 aromatic heterocycles. The Labute approximate surface area is 103 Å². The average Bonchev–Trinajstić information content (AvgIpc) is 2.91. The van der Waals surface area contributed by atoms with E-state index in [0.29, 0.717) is 24.2 Å². The molecule has 18 heavy (non-hydrogen) atoms. The lowest BCUT2D eigenvalue weighted by atomic mass is 10.2. The summed E-state index contributed by atoms with van der Waals surface area (Å²) in [6.45, 7) is 0.459. The molecule has 0 aliphatic carbocycles. The largest absolute Gasteiger partial charge is 0.352 e. The van der Waals surface area contributed by atoms with E-state index in [4.69, 9.17) is 5.84 Å². The summed E-state index contributed by atoms with van der Waals surface area (Å²) < 4.78 is 0. The highest BCUT2D eigenvalue weighted by molar-refractivity contribution is 5.99. The molecular formula is C10H13N7O. The number of nitrogens with zero attached hydrogens (tertiary/aromatic N) is 3. The molecular weight excluding hydrogens is 234 g/mol. The van der Waals surface area contributed by atoms with Gasteiger partial charge in [-0.05, 0) is 6.07 Å². The van der Waals surface area contributed by atoms with Crippen LogP contribution in [0.15, 0.2) is 24.8 Å². The van der Waals surface area contributed by atoms with Crippen molar-refractivity contribution < 1.29 is 4.79 Å². The molecule has 2 aromatic rings. The Morgan fingerprint density at radius 3 is 3.11 bits per heavy atom. The molecule has 2 rings (SSSR count). The predicted octanol–water partition coefficient (Wildman–Crippen LogP) is -0.542. The first kappa shape index (κ1) is 12.0. The summed E-state index contributed by atoms with van der Waals surface area (Å²) in [6, 6.07) is 1.60. The Hall–Kier alpha value is -2.48. The van der Waals surface area contributed by atoms with Gasteiger partial charge in [0.15, 0.2) is 0 Å². The first-order chi connectivity index (χ1) is 8.81. The van der Waals surface area contributed by atoms with Crippen LogP contribution in [0.1, 0.15) is 16.2 Å². The van der Waals surface area contributed by atoms with Crippen LogP contribution in [0.3, 0.4) is 0 Å². The molecule has 0 saturated carbocycles. The first-order valence-corrected chi connectivity index (χ1v) is 5.34. The van der Waals surface area contributed by atoms with E-state index >= 15 is 0 Å². The Morgan fingerprint density at radius 2 is 2.39 bits per heavy atom. The van der Waals surface area contributed by atoms with Crippen molar-refractivity contribution in [2.45, 2.75) is 6.42 Å². The van der Waals surface area contributed by atoms with E-state index in [-0.39, 0.29) is 5.91 Å². The van der Waals surface area contributed by atoms with E-state index in [9.17, 15) is 4.79 Å². The van der Waals surface area contributed by atoms with E-state index in [1.807, 2.05) is 0 Å². The molecule has 2 heterocycles. The number of anilines is 1. The fourth-order valence-corrected chi connectivity index (χ4v) is 1.45. The van der Waals surface area contributed by atoms with E-state index in [1.54, 1.807) is 6.07 Å². The normalized spacial score (nSPS) is 10.1. The lowest BCUT2D eigenvalue weighted by Gasteiger charge is -2.08. The van der Waals surface area contributed by atoms with Gasteiger partial charge in [0, 0.05) is 19.2 Å². The molecule has 1 amide bonds. The van der Waals surface area contributed by atoms with Gasteiger partial charge in [0.05, 0.1) is 17.4 Å². The van der Waals surface area contributed by atoms with Gasteiger partial charge in [0.1, 0.15) is 12.2 Å². The first-order valence-electron chi connectivity index (χ1n) is 5.34. The van der Waals surface area contributed by atoms with Gasteiger partial charge >= 0.3 is 0 Å². The standard InChI is InChI=1S/C10H13N7O/c11-16-8-5-12-3-1-7(8)10(18)13-4-2-9-14-6-15-17-9/h1,3,5-6,16H,2,4,11H2,(H,13,18)(H,14,15,17). The molecule has 0 fully saturated rings. The molecule has 0 aliphatic rings. The zero-order chi connectivity index (χ0) is 12.8. The van der Waals surface area contributed by atoms with Crippen LogP contribution in [0.2, 0.25) is 0 Å². The van der Waals surface area contributed by atoms with Crippen molar-refractivity contribution >= 4 is 11.6 Å². The summed E-state index contributed by atoms with van der Waals surface area (Å²) in [4.78, 5) is 19.7. The molecule has 0 saturated heterocycles. The fourth-order valence-electron chi connectivity index (χ4n) is 1.45. The van der Waals surface area contributed by atoms with Crippen molar-refractivity contribution in [1.82, 2.24) is 25.5 Å². The molecule has 0 radical (unpaired) electrons. The zero-order valence-corrected chi connectivity index (χ0v) is 9.55. The minimum Gasteiger partial charge on any atom is -0.352 e. The van der Waals surface area contributed by atoms with Crippen LogP contribution < -0.4 is 16.6 Å². The molecule has 94 valence electrons. The highest BCUT2D eigenvalue weighted by atomic mass is 16.1. The molecule has 8 nitrogen and oxygen atoms in total. The third-order valence-electron chi connectivity index (χ3n) is 2.33. The maximum atomic E-state index is 11.9. The number of H-pyrrole nitrogens is 1. The number of amides is 1. The Kier molecular flexibility index (Phi) is 3.82. The number of aromatic nitrogens is 4. The molecule has 8 heteroatoms. The Bertz CT molecular complexity index is 511. The summed E-state index contributed by atoms with van der Waals surface area (Å²) in [7, 11) is 0. The SMILES string of the molecule is NNc1cnccc1C(=O)NCCc1ncn[nH]1. The number of carbonyl (C=O) groups excluding carboxylic acids is 1. The summed E-state index contributed by atoms with van der Waals surface area (Å²) in [5.41, 5.74) is 3.36. The van der Waals surface area contributed by atoms with Gasteiger partial charge in [-0.1, -0.05) is 0 Å². The number of nitrogens with one attached hydrogen (secondary N) is 3. The molecule has 0 atom stereocenters. The number of nitrogen functional groups attached to an aromatic ring is 1. The smallest absolute Gasteiger partial charge is 0.253 e. The molecule has 0 unspecified atom stereocenters. The van der Waals surface area contributed by atoms with Gasteiger partial charge < -0.3 is 10.7 Å². The van der Waals surface area contributed by atoms with Crippen molar-refractivity contribution in [3.8, 4) is 0 Å². The second-order valence-corrected chi connectivity index (χ2v) is 3.50. The van der Waals surface area contributed by atoms with Crippen molar-refractivity contribution in [3.63, 3.8) is 0 Å². The van der Waals surface area contributed by atoms with Gasteiger partial charge in [0.25, 0.3) is 5.91 Å². The number of aromatic amines is 1. The molecule has 0 bridgehead atoms. The van der Waals surface area contributed by atoms with E-state index in [2.05, 4.69) is 30.9 Å². The monoisotopic (exact) mass is 247 g/mol. The summed E-state index contributed by atoms with van der Waals surface area (Å²) in [5, 5.41) is 9.20. The zero-order valence-electron chi connectivity index (χ0n) is 9.55. The van der Waals surface area contributed by atoms with Crippen LogP contribution >= 0.6 is 0 Å². The predicted molar refractivity (Wildman–Crippen MR) is 64.5 cm³/mol. The molecule has 5 N–H and O–H groups in total. The highest BCUT2D eigenvalue weighted by Crippen LogP contribution is 2.11. The summed E-state index contributed by atoms with van der Waals surface area (Å²) in [5.74, 6) is 5.81. The summed E-state index contributed by atoms with van der Waals surface area (Å²) >= 11 is 0. The number of rotatable bonds is 5. The highest BCUT2D eigenvalue weighted by Gasteiger charge is 2.10. The van der Waals surface area contributed by atoms with Crippen molar-refractivity contribution in [1.29, 1.82) is 0 Å². The van der Waals surface area contributed by atoms with Crippen LogP contribution in [0.4, 0.5) is 5.69 Å². The average molecular weight is 247 g/mol. The second kappa shape index (κ2) is 5.73. The van der Waals surface area contributed by atoms with Crippen LogP contribution in [0.5, 0.6) is 0 Å². The molecule has 0 spiro atoms. The van der Waals surface area contributed by atoms with Crippen LogP contribution in [0.25, 0.3) is 0 Å². The maximum Gasteiger partial charge on any atom is 0.253 e. The number of carbonyl (C=O) groups is 1. The van der Waals surface area contributed by atoms with Gasteiger partial charge in [-0.2, -0.15) is 5.10 Å². The van der Waals surface area contributed by atoms with Gasteiger partial charge in [-0.3, -0.25) is 20.7 Å². The molecule has 0 aromatic carbocycles. The topological polar surface area (TPSA) is 122 Å². The second-order valence-electron chi connectivity index (χ2n) is 3.50. The number of pyridine rings is 1. The van der Waals surface area contributed by atoms with E-state index in [0.717, 1.165) is 5.82 Å². The van der Waals surface area contributed by atoms with Crippen molar-refractivity contribution in [2.24, 2.45) is 5.84 Å². The van der Waals surface area contributed by atoms with E-state index in [1.165, 1.54) is 18.7 Å². The Morgan fingerprint density at radius 1 is 1.50 bits per heavy atom. The maximum absolute atomic E-state index is 11.9. The third-order valence-corrected chi connectivity index (χ3v) is 2.33. The number of hydrogen-bond donors (Lipinski definition) is 4. The lowest BCUT2D eigenvalue weighted by Crippen LogP contribution is -2.27. The third kappa shape index (κ3) is 2.80. The number of hydrogen-bond acceptors (Lipinski definition) is 6. The fraction of sp³-hybridized carbons (Fsp3) is 0.200. The van der Waals surface area contributed by atoms with Gasteiger partial charge in [0.2, 0.25) is 0 Å². The number of nitrogens with two attached hydrogens (primary N) is 1. The minimum atomic E-state index is -0.218. The number of hydrazine groups is 1. The minimum absolute atomic E-state index is 0.218. The molecule has 0 aliphatic heterocycles. The lowest BCUT2D eigenvalue weighted by molar-refractivity contribution is 0.0954. The van der Waals surface area contributed by atoms with Crippen LogP contribution in [0, 0.1) is 0 Å². The summed E-state index contributed by atoms with van der Waals surface area (Å²) in [6.07, 6.45) is 5.04. The van der Waals surface area contributed by atoms with Crippen LogP contribution in [-0.2, 0) is 6.42 Å². The van der Waals surface area contributed by atoms with Gasteiger partial charge in [-0.15, -0.1) is 0 Å². The van der Waals surface area contributed by atoms with Crippen LogP contribution in [-0.4, -0.2) is 32.6 Å². The van der Waals surface area contributed by atoms with Crippen molar-refractivity contribution in [3.05, 3.63) is 36.2 Å². The van der Waals surface area contributed by atoms with Crippen molar-refractivity contribution in [2.75, 3.05) is 12.0 Å². The quantitative estimate of drug-likeness (QED) is 0.416. The Balaban J connectivity index is 1.91. The van der Waals surface area contributed by atoms with E-state index < -0.39 is 0 Å².